The van der Waals surface area contributed by atoms with E-state index in [2.05, 4.69) is 26.1 Å². The van der Waals surface area contributed by atoms with Crippen LogP contribution in [0.2, 0.25) is 5.02 Å². The Hall–Kier alpha value is -3.14. The fourth-order valence-electron chi connectivity index (χ4n) is 4.32. The molecule has 7 heteroatoms. The highest BCUT2D eigenvalue weighted by Crippen LogP contribution is 2.45. The number of rotatable bonds is 6. The largest absolute Gasteiger partial charge is 0.478 e. The van der Waals surface area contributed by atoms with Gasteiger partial charge in [0.25, 0.3) is 5.91 Å². The Labute approximate surface area is 215 Å². The van der Waals surface area contributed by atoms with Crippen molar-refractivity contribution in [1.82, 2.24) is 0 Å². The first kappa shape index (κ1) is 25.0. The topological polar surface area (TPSA) is 74.5 Å². The number of hydrogen-bond donors (Lipinski definition) is 1. The van der Waals surface area contributed by atoms with Crippen LogP contribution >= 0.6 is 22.9 Å². The first-order chi connectivity index (χ1) is 16.8. The quantitative estimate of drug-likeness (QED) is 0.353. The van der Waals surface area contributed by atoms with Crippen molar-refractivity contribution < 1.29 is 9.53 Å². The van der Waals surface area contributed by atoms with Gasteiger partial charge in [0.2, 0.25) is 0 Å². The van der Waals surface area contributed by atoms with Crippen molar-refractivity contribution in [1.29, 1.82) is 5.26 Å². The van der Waals surface area contributed by atoms with Crippen molar-refractivity contribution >= 4 is 45.7 Å². The van der Waals surface area contributed by atoms with Crippen molar-refractivity contribution in [2.45, 2.75) is 40.0 Å². The molecule has 1 aliphatic rings. The van der Waals surface area contributed by atoms with Crippen LogP contribution in [0.4, 0.5) is 10.7 Å². The molecule has 1 amide bonds. The number of carbonyl (C=O) groups is 1. The van der Waals surface area contributed by atoms with Crippen LogP contribution in [0.15, 0.2) is 53.5 Å². The summed E-state index contributed by atoms with van der Waals surface area (Å²) in [5.74, 6) is 0.969. The maximum absolute atomic E-state index is 13.5. The number of thiophene rings is 1. The van der Waals surface area contributed by atoms with Crippen molar-refractivity contribution in [2.75, 3.05) is 11.9 Å². The number of ether oxygens (including phenoxy) is 1. The van der Waals surface area contributed by atoms with Crippen molar-refractivity contribution in [2.24, 2.45) is 16.3 Å². The van der Waals surface area contributed by atoms with Crippen LogP contribution in [0.5, 0.6) is 5.75 Å². The summed E-state index contributed by atoms with van der Waals surface area (Å²) in [6.45, 7) is 6.80. The Kier molecular flexibility index (Phi) is 7.59. The normalized spacial score (nSPS) is 15.5. The smallest absolute Gasteiger partial charge is 0.259 e. The van der Waals surface area contributed by atoms with Crippen LogP contribution in [0, 0.1) is 22.7 Å². The summed E-state index contributed by atoms with van der Waals surface area (Å²) in [6.07, 6.45) is 4.56. The summed E-state index contributed by atoms with van der Waals surface area (Å²) in [5, 5.41) is 13.2. The lowest BCUT2D eigenvalue weighted by molar-refractivity contribution is 0.102. The van der Waals surface area contributed by atoms with Gasteiger partial charge in [-0.25, -0.2) is 4.99 Å². The fraction of sp³-hybridized carbons (Fsp3) is 0.321. The van der Waals surface area contributed by atoms with Crippen molar-refractivity contribution in [3.63, 3.8) is 0 Å². The molecule has 3 aromatic rings. The predicted octanol–water partition coefficient (Wildman–Crippen LogP) is 7.46. The van der Waals surface area contributed by atoms with Crippen LogP contribution in [0.1, 0.15) is 53.6 Å². The Balaban J connectivity index is 1.70. The van der Waals surface area contributed by atoms with Gasteiger partial charge in [-0.15, -0.1) is 11.3 Å². The molecular weight excluding hydrogens is 478 g/mol. The lowest BCUT2D eigenvalue weighted by atomic mass is 9.72. The third-order valence-electron chi connectivity index (χ3n) is 6.33. The van der Waals surface area contributed by atoms with Gasteiger partial charge in [0.1, 0.15) is 16.8 Å². The van der Waals surface area contributed by atoms with E-state index in [0.29, 0.717) is 32.9 Å². The molecule has 1 atom stereocenters. The van der Waals surface area contributed by atoms with Crippen LogP contribution in [0.25, 0.3) is 0 Å². The summed E-state index contributed by atoms with van der Waals surface area (Å²) in [4.78, 5) is 19.5. The van der Waals surface area contributed by atoms with Crippen LogP contribution < -0.4 is 10.1 Å². The Morgan fingerprint density at radius 2 is 2.00 bits per heavy atom. The average molecular weight is 506 g/mol. The van der Waals surface area contributed by atoms with E-state index in [4.69, 9.17) is 26.6 Å². The molecule has 0 unspecified atom stereocenters. The number of anilines is 1. The van der Waals surface area contributed by atoms with Gasteiger partial charge in [-0.05, 0) is 72.6 Å². The van der Waals surface area contributed by atoms with Gasteiger partial charge in [-0.1, -0.05) is 44.5 Å². The molecule has 0 saturated heterocycles. The van der Waals surface area contributed by atoms with Gasteiger partial charge in [0.15, 0.2) is 6.61 Å². The Morgan fingerprint density at radius 3 is 2.71 bits per heavy atom. The minimum Gasteiger partial charge on any atom is -0.478 e. The monoisotopic (exact) mass is 505 g/mol. The maximum atomic E-state index is 13.5. The average Bonchev–Trinajstić information content (AvgIpc) is 3.20. The van der Waals surface area contributed by atoms with Gasteiger partial charge in [0, 0.05) is 27.4 Å². The zero-order valence-electron chi connectivity index (χ0n) is 20.1. The van der Waals surface area contributed by atoms with Crippen molar-refractivity contribution in [3.05, 3.63) is 75.1 Å². The number of fused-ring (bicyclic) bond motifs is 1. The van der Waals surface area contributed by atoms with E-state index in [1.54, 1.807) is 47.9 Å². The molecule has 35 heavy (non-hydrogen) atoms. The van der Waals surface area contributed by atoms with Gasteiger partial charge >= 0.3 is 0 Å². The number of benzene rings is 2. The summed E-state index contributed by atoms with van der Waals surface area (Å²) in [7, 11) is 0. The lowest BCUT2D eigenvalue weighted by Gasteiger charge is -2.33. The number of carbonyl (C=O) groups excluding carboxylic acids is 1. The molecule has 0 bridgehead atoms. The van der Waals surface area contributed by atoms with E-state index in [1.165, 1.54) is 4.88 Å². The zero-order valence-corrected chi connectivity index (χ0v) is 21.7. The standard InChI is InChI=1S/C28H28ClN3O2S/c1-28(2,3)19-8-13-22-24(16-19)35-27(25(22)26(33)32-21-11-9-20(29)10-12-21)31-17-18-6-4-5-7-23(18)34-15-14-30/h4-7,9-12,17,19H,8,13,15-16H2,1-3H3,(H,32,33)/t19-/m1/s1. The number of halogens is 1. The molecule has 1 aliphatic carbocycles. The number of amides is 1. The second-order valence-electron chi connectivity index (χ2n) is 9.69. The summed E-state index contributed by atoms with van der Waals surface area (Å²) in [6, 6.07) is 16.5. The van der Waals surface area contributed by atoms with Gasteiger partial charge in [-0.2, -0.15) is 5.26 Å². The minimum atomic E-state index is -0.166. The molecule has 0 spiro atoms. The number of aliphatic imine (C=N–C) groups is 1. The SMILES string of the molecule is CC(C)(C)[C@@H]1CCc2c(sc(N=Cc3ccccc3OCC#N)c2C(=O)Nc2ccc(Cl)cc2)C1. The number of nitrogens with zero attached hydrogens (tertiary/aromatic N) is 2. The van der Waals surface area contributed by atoms with E-state index in [9.17, 15) is 4.79 Å². The zero-order chi connectivity index (χ0) is 25.0. The molecule has 0 saturated carbocycles. The first-order valence-electron chi connectivity index (χ1n) is 11.6. The number of nitriles is 1. The van der Waals surface area contributed by atoms with Crippen LogP contribution in [-0.4, -0.2) is 18.7 Å². The van der Waals surface area contributed by atoms with Gasteiger partial charge in [0.05, 0.1) is 5.56 Å². The summed E-state index contributed by atoms with van der Waals surface area (Å²) < 4.78 is 5.53. The third kappa shape index (κ3) is 5.93. The highest BCUT2D eigenvalue weighted by Gasteiger charge is 2.33. The van der Waals surface area contributed by atoms with Gasteiger partial charge in [-0.3, -0.25) is 4.79 Å². The van der Waals surface area contributed by atoms with Gasteiger partial charge < -0.3 is 10.1 Å². The van der Waals surface area contributed by atoms with E-state index < -0.39 is 0 Å². The number of hydrogen-bond acceptors (Lipinski definition) is 5. The van der Waals surface area contributed by atoms with E-state index in [-0.39, 0.29) is 17.9 Å². The van der Waals surface area contributed by atoms with E-state index in [1.807, 2.05) is 24.3 Å². The van der Waals surface area contributed by atoms with E-state index in [0.717, 1.165) is 30.4 Å². The number of nitrogens with one attached hydrogen (secondary N) is 1. The molecule has 0 aliphatic heterocycles. The number of para-hydroxylation sites is 1. The minimum absolute atomic E-state index is 0.0406. The Morgan fingerprint density at radius 1 is 1.26 bits per heavy atom. The Bertz CT molecular complexity index is 1280. The molecule has 4 rings (SSSR count). The maximum Gasteiger partial charge on any atom is 0.259 e. The first-order valence-corrected chi connectivity index (χ1v) is 12.8. The summed E-state index contributed by atoms with van der Waals surface area (Å²) >= 11 is 7.60. The molecule has 0 fully saturated rings. The fourth-order valence-corrected chi connectivity index (χ4v) is 5.71. The van der Waals surface area contributed by atoms with Crippen LogP contribution in [-0.2, 0) is 12.8 Å². The van der Waals surface area contributed by atoms with Crippen molar-refractivity contribution in [3.8, 4) is 11.8 Å². The highest BCUT2D eigenvalue weighted by atomic mass is 35.5. The predicted molar refractivity (Wildman–Crippen MR) is 143 cm³/mol. The lowest BCUT2D eigenvalue weighted by Crippen LogP contribution is -2.27. The molecule has 1 aromatic heterocycles. The second-order valence-corrected chi connectivity index (χ2v) is 11.2. The highest BCUT2D eigenvalue weighted by molar-refractivity contribution is 7.16. The molecule has 1 heterocycles. The van der Waals surface area contributed by atoms with E-state index >= 15 is 0 Å². The van der Waals surface area contributed by atoms with Crippen LogP contribution in [0.3, 0.4) is 0 Å². The summed E-state index contributed by atoms with van der Waals surface area (Å²) in [5.41, 5.74) is 3.38. The molecular formula is C28H28ClN3O2S. The molecule has 1 N–H and O–H groups in total. The molecule has 0 radical (unpaired) electrons. The third-order valence-corrected chi connectivity index (χ3v) is 7.75. The molecule has 5 nitrogen and oxygen atoms in total. The molecule has 2 aromatic carbocycles. The molecule has 180 valence electrons. The second kappa shape index (κ2) is 10.6.